The largest absolute Gasteiger partial charge is 0.348 e. The summed E-state index contributed by atoms with van der Waals surface area (Å²) < 4.78 is 40.0. The van der Waals surface area contributed by atoms with E-state index in [1.807, 2.05) is 0 Å². The van der Waals surface area contributed by atoms with Crippen LogP contribution in [0.3, 0.4) is 0 Å². The maximum absolute atomic E-state index is 13.2. The van der Waals surface area contributed by atoms with E-state index in [0.717, 1.165) is 18.4 Å². The Morgan fingerprint density at radius 1 is 1.16 bits per heavy atom. The van der Waals surface area contributed by atoms with Gasteiger partial charge < -0.3 is 5.32 Å². The second kappa shape index (κ2) is 6.93. The lowest BCUT2D eigenvalue weighted by Gasteiger charge is -2.08. The van der Waals surface area contributed by atoms with Crippen LogP contribution < -0.4 is 10.0 Å². The van der Waals surface area contributed by atoms with Gasteiger partial charge in [0.1, 0.15) is 5.82 Å². The van der Waals surface area contributed by atoms with Gasteiger partial charge in [0.25, 0.3) is 5.91 Å². The number of aryl methyl sites for hydroxylation is 1. The average molecular weight is 362 g/mol. The minimum Gasteiger partial charge on any atom is -0.348 e. The zero-order chi connectivity index (χ0) is 18.0. The van der Waals surface area contributed by atoms with Crippen LogP contribution >= 0.6 is 0 Å². The molecule has 5 nitrogen and oxygen atoms in total. The molecule has 0 heterocycles. The standard InChI is InChI=1S/C18H19FN2O3S/c1-12-10-13(2-9-17(12)19)11-20-18(22)14-3-7-16(8-4-14)25(23,24)21-15-5-6-15/h2-4,7-10,15,21H,5-6,11H2,1H3,(H,20,22). The molecule has 1 fully saturated rings. The third kappa shape index (κ3) is 4.43. The first-order valence-corrected chi connectivity index (χ1v) is 9.49. The lowest BCUT2D eigenvalue weighted by atomic mass is 10.1. The zero-order valence-corrected chi connectivity index (χ0v) is 14.6. The highest BCUT2D eigenvalue weighted by atomic mass is 32.2. The van der Waals surface area contributed by atoms with Crippen LogP contribution in [0, 0.1) is 12.7 Å². The van der Waals surface area contributed by atoms with Crippen molar-refractivity contribution in [2.75, 3.05) is 0 Å². The van der Waals surface area contributed by atoms with E-state index < -0.39 is 10.0 Å². The van der Waals surface area contributed by atoms with Crippen LogP contribution in [0.5, 0.6) is 0 Å². The molecule has 0 saturated heterocycles. The number of rotatable bonds is 6. The molecule has 2 aromatic rings. The molecule has 2 aromatic carbocycles. The molecule has 0 bridgehead atoms. The lowest BCUT2D eigenvalue weighted by molar-refractivity contribution is 0.0951. The summed E-state index contributed by atoms with van der Waals surface area (Å²) in [7, 11) is -3.52. The molecule has 1 amide bonds. The maximum Gasteiger partial charge on any atom is 0.251 e. The van der Waals surface area contributed by atoms with Gasteiger partial charge in [-0.1, -0.05) is 12.1 Å². The van der Waals surface area contributed by atoms with Crippen LogP contribution in [0.4, 0.5) is 4.39 Å². The number of carbonyl (C=O) groups is 1. The van der Waals surface area contributed by atoms with E-state index in [1.54, 1.807) is 19.1 Å². The molecule has 7 heteroatoms. The monoisotopic (exact) mass is 362 g/mol. The molecule has 0 unspecified atom stereocenters. The van der Waals surface area contributed by atoms with E-state index >= 15 is 0 Å². The molecular formula is C18H19FN2O3S. The summed E-state index contributed by atoms with van der Waals surface area (Å²) in [5.41, 5.74) is 1.67. The number of amides is 1. The molecule has 1 aliphatic rings. The van der Waals surface area contributed by atoms with Gasteiger partial charge in [-0.05, 0) is 61.2 Å². The Labute approximate surface area is 146 Å². The first kappa shape index (κ1) is 17.6. The summed E-state index contributed by atoms with van der Waals surface area (Å²) in [6.07, 6.45) is 1.73. The Kier molecular flexibility index (Phi) is 4.87. The van der Waals surface area contributed by atoms with Crippen molar-refractivity contribution in [3.63, 3.8) is 0 Å². The highest BCUT2D eigenvalue weighted by molar-refractivity contribution is 7.89. The minimum atomic E-state index is -3.52. The van der Waals surface area contributed by atoms with Crippen molar-refractivity contribution in [2.45, 2.75) is 37.2 Å². The number of sulfonamides is 1. The number of nitrogens with one attached hydrogen (secondary N) is 2. The van der Waals surface area contributed by atoms with Crippen molar-refractivity contribution >= 4 is 15.9 Å². The van der Waals surface area contributed by atoms with Crippen molar-refractivity contribution in [1.29, 1.82) is 0 Å². The van der Waals surface area contributed by atoms with Gasteiger partial charge in [-0.2, -0.15) is 0 Å². The van der Waals surface area contributed by atoms with Crippen LogP contribution in [0.15, 0.2) is 47.4 Å². The van der Waals surface area contributed by atoms with E-state index in [0.29, 0.717) is 11.1 Å². The van der Waals surface area contributed by atoms with Crippen LogP contribution in [0.1, 0.15) is 34.3 Å². The highest BCUT2D eigenvalue weighted by Crippen LogP contribution is 2.22. The van der Waals surface area contributed by atoms with Crippen molar-refractivity contribution in [2.24, 2.45) is 0 Å². The average Bonchev–Trinajstić information content (AvgIpc) is 3.39. The van der Waals surface area contributed by atoms with Crippen molar-refractivity contribution < 1.29 is 17.6 Å². The normalized spacial score (nSPS) is 14.3. The molecule has 0 radical (unpaired) electrons. The van der Waals surface area contributed by atoms with Gasteiger partial charge in [0.15, 0.2) is 0 Å². The summed E-state index contributed by atoms with van der Waals surface area (Å²) in [6.45, 7) is 1.93. The van der Waals surface area contributed by atoms with E-state index in [1.165, 1.54) is 30.3 Å². The predicted octanol–water partition coefficient (Wildman–Crippen LogP) is 2.50. The van der Waals surface area contributed by atoms with E-state index in [4.69, 9.17) is 0 Å². The molecule has 1 aliphatic carbocycles. The minimum absolute atomic E-state index is 0.0344. The first-order chi connectivity index (χ1) is 11.8. The molecular weight excluding hydrogens is 343 g/mol. The number of carbonyl (C=O) groups excluding carboxylic acids is 1. The fraction of sp³-hybridized carbons (Fsp3) is 0.278. The number of hydrogen-bond acceptors (Lipinski definition) is 3. The molecule has 2 N–H and O–H groups in total. The van der Waals surface area contributed by atoms with Gasteiger partial charge in [0, 0.05) is 18.2 Å². The van der Waals surface area contributed by atoms with Gasteiger partial charge in [-0.25, -0.2) is 17.5 Å². The SMILES string of the molecule is Cc1cc(CNC(=O)c2ccc(S(=O)(=O)NC3CC3)cc2)ccc1F. The smallest absolute Gasteiger partial charge is 0.251 e. The van der Waals surface area contributed by atoms with Crippen LogP contribution in [0.2, 0.25) is 0 Å². The van der Waals surface area contributed by atoms with Crippen molar-refractivity contribution in [3.05, 3.63) is 65.0 Å². The molecule has 132 valence electrons. The molecule has 1 saturated carbocycles. The Morgan fingerprint density at radius 3 is 2.44 bits per heavy atom. The second-order valence-corrected chi connectivity index (χ2v) is 7.90. The summed E-state index contributed by atoms with van der Waals surface area (Å²) in [6, 6.07) is 10.5. The quantitative estimate of drug-likeness (QED) is 0.829. The van der Waals surface area contributed by atoms with Gasteiger partial charge in [-0.3, -0.25) is 4.79 Å². The third-order valence-corrected chi connectivity index (χ3v) is 5.54. The lowest BCUT2D eigenvalue weighted by Crippen LogP contribution is -2.26. The van der Waals surface area contributed by atoms with Gasteiger partial charge >= 0.3 is 0 Å². The van der Waals surface area contributed by atoms with Crippen molar-refractivity contribution in [1.82, 2.24) is 10.0 Å². The zero-order valence-electron chi connectivity index (χ0n) is 13.8. The Morgan fingerprint density at radius 2 is 1.84 bits per heavy atom. The molecule has 25 heavy (non-hydrogen) atoms. The Bertz CT molecular complexity index is 891. The molecule has 0 atom stereocenters. The molecule has 0 aliphatic heterocycles. The highest BCUT2D eigenvalue weighted by Gasteiger charge is 2.27. The number of hydrogen-bond donors (Lipinski definition) is 2. The summed E-state index contributed by atoms with van der Waals surface area (Å²) in [5, 5.41) is 2.74. The predicted molar refractivity (Wildman–Crippen MR) is 92.1 cm³/mol. The van der Waals surface area contributed by atoms with E-state index in [-0.39, 0.29) is 29.2 Å². The van der Waals surface area contributed by atoms with Crippen LogP contribution in [0.25, 0.3) is 0 Å². The van der Waals surface area contributed by atoms with Gasteiger partial charge in [-0.15, -0.1) is 0 Å². The van der Waals surface area contributed by atoms with E-state index in [9.17, 15) is 17.6 Å². The molecule has 3 rings (SSSR count). The second-order valence-electron chi connectivity index (χ2n) is 6.19. The Hall–Kier alpha value is -2.25. The summed E-state index contributed by atoms with van der Waals surface area (Å²) >= 11 is 0. The van der Waals surface area contributed by atoms with Crippen molar-refractivity contribution in [3.8, 4) is 0 Å². The fourth-order valence-corrected chi connectivity index (χ4v) is 3.68. The maximum atomic E-state index is 13.2. The summed E-state index contributed by atoms with van der Waals surface area (Å²) in [4.78, 5) is 12.3. The molecule has 0 aromatic heterocycles. The van der Waals surface area contributed by atoms with Crippen LogP contribution in [-0.2, 0) is 16.6 Å². The van der Waals surface area contributed by atoms with Gasteiger partial charge in [0.05, 0.1) is 4.90 Å². The molecule has 0 spiro atoms. The fourth-order valence-electron chi connectivity index (χ4n) is 2.38. The van der Waals surface area contributed by atoms with Gasteiger partial charge in [0.2, 0.25) is 10.0 Å². The van der Waals surface area contributed by atoms with Crippen LogP contribution in [-0.4, -0.2) is 20.4 Å². The summed E-state index contributed by atoms with van der Waals surface area (Å²) in [5.74, 6) is -0.604. The number of halogens is 1. The third-order valence-electron chi connectivity index (χ3n) is 4.00. The number of benzene rings is 2. The topological polar surface area (TPSA) is 75.3 Å². The Balaban J connectivity index is 1.63. The van der Waals surface area contributed by atoms with E-state index in [2.05, 4.69) is 10.0 Å². The first-order valence-electron chi connectivity index (χ1n) is 8.01.